The largest absolute Gasteiger partial charge is 0.306 e. The molecule has 1 N–H and O–H groups in total. The SMILES string of the molecule is CCCNC(c1cncnc1)c1ccc(CC)s1. The maximum atomic E-state index is 4.12. The predicted octanol–water partition coefficient (Wildman–Crippen LogP) is 3.19. The Morgan fingerprint density at radius 3 is 2.61 bits per heavy atom. The molecule has 0 saturated heterocycles. The molecule has 4 heteroatoms. The summed E-state index contributed by atoms with van der Waals surface area (Å²) in [6.45, 7) is 5.37. The highest BCUT2D eigenvalue weighted by Gasteiger charge is 2.15. The first-order chi connectivity index (χ1) is 8.85. The molecule has 2 heterocycles. The van der Waals surface area contributed by atoms with Gasteiger partial charge in [0.2, 0.25) is 0 Å². The van der Waals surface area contributed by atoms with Crippen molar-refractivity contribution in [2.24, 2.45) is 0 Å². The molecule has 2 rings (SSSR count). The van der Waals surface area contributed by atoms with Gasteiger partial charge >= 0.3 is 0 Å². The summed E-state index contributed by atoms with van der Waals surface area (Å²) in [6.07, 6.45) is 7.58. The summed E-state index contributed by atoms with van der Waals surface area (Å²) in [6, 6.07) is 4.64. The molecule has 3 nitrogen and oxygen atoms in total. The van der Waals surface area contributed by atoms with E-state index in [9.17, 15) is 0 Å². The third kappa shape index (κ3) is 3.15. The van der Waals surface area contributed by atoms with Crippen molar-refractivity contribution in [2.45, 2.75) is 32.7 Å². The Hall–Kier alpha value is -1.26. The second-order valence-corrected chi connectivity index (χ2v) is 5.42. The molecule has 2 aromatic rings. The topological polar surface area (TPSA) is 37.8 Å². The summed E-state index contributed by atoms with van der Waals surface area (Å²) < 4.78 is 0. The van der Waals surface area contributed by atoms with E-state index in [1.165, 1.54) is 9.75 Å². The second-order valence-electron chi connectivity index (χ2n) is 4.22. The van der Waals surface area contributed by atoms with Crippen LogP contribution in [-0.4, -0.2) is 16.5 Å². The number of rotatable bonds is 6. The standard InChI is InChI=1S/C14H19N3S/c1-3-7-17-14(11-8-15-10-16-9-11)13-6-5-12(4-2)18-13/h5-6,8-10,14,17H,3-4,7H2,1-2H3. The van der Waals surface area contributed by atoms with E-state index in [2.05, 4.69) is 41.3 Å². The fourth-order valence-corrected chi connectivity index (χ4v) is 2.93. The van der Waals surface area contributed by atoms with Gasteiger partial charge in [-0.05, 0) is 31.5 Å². The third-order valence-electron chi connectivity index (χ3n) is 2.83. The Balaban J connectivity index is 2.24. The van der Waals surface area contributed by atoms with Crippen molar-refractivity contribution in [3.63, 3.8) is 0 Å². The fraction of sp³-hybridized carbons (Fsp3) is 0.429. The normalized spacial score (nSPS) is 12.6. The molecule has 0 fully saturated rings. The summed E-state index contributed by atoms with van der Waals surface area (Å²) >= 11 is 1.87. The third-order valence-corrected chi connectivity index (χ3v) is 4.12. The minimum Gasteiger partial charge on any atom is -0.306 e. The Morgan fingerprint density at radius 2 is 2.00 bits per heavy atom. The Labute approximate surface area is 112 Å². The van der Waals surface area contributed by atoms with Crippen molar-refractivity contribution < 1.29 is 0 Å². The van der Waals surface area contributed by atoms with Crippen LogP contribution in [0.4, 0.5) is 0 Å². The van der Waals surface area contributed by atoms with Crippen molar-refractivity contribution >= 4 is 11.3 Å². The van der Waals surface area contributed by atoms with Crippen LogP contribution in [0, 0.1) is 0 Å². The van der Waals surface area contributed by atoms with Gasteiger partial charge in [-0.1, -0.05) is 13.8 Å². The van der Waals surface area contributed by atoms with Gasteiger partial charge in [0.25, 0.3) is 0 Å². The first-order valence-corrected chi connectivity index (χ1v) is 7.23. The van der Waals surface area contributed by atoms with Crippen LogP contribution in [0.5, 0.6) is 0 Å². The van der Waals surface area contributed by atoms with Crippen molar-refractivity contribution in [3.05, 3.63) is 46.2 Å². The van der Waals surface area contributed by atoms with E-state index in [4.69, 9.17) is 0 Å². The van der Waals surface area contributed by atoms with Gasteiger partial charge in [0, 0.05) is 27.7 Å². The van der Waals surface area contributed by atoms with Crippen LogP contribution in [-0.2, 0) is 6.42 Å². The lowest BCUT2D eigenvalue weighted by Gasteiger charge is -2.16. The van der Waals surface area contributed by atoms with Crippen molar-refractivity contribution in [1.29, 1.82) is 0 Å². The Kier molecular flexibility index (Phi) is 4.84. The molecule has 0 amide bonds. The van der Waals surface area contributed by atoms with Crippen LogP contribution >= 0.6 is 11.3 Å². The van der Waals surface area contributed by atoms with Crippen LogP contribution in [0.2, 0.25) is 0 Å². The molecule has 0 radical (unpaired) electrons. The van der Waals surface area contributed by atoms with Crippen molar-refractivity contribution in [3.8, 4) is 0 Å². The maximum Gasteiger partial charge on any atom is 0.115 e. The van der Waals surface area contributed by atoms with E-state index in [0.717, 1.165) is 24.9 Å². The van der Waals surface area contributed by atoms with E-state index in [1.54, 1.807) is 6.33 Å². The minimum atomic E-state index is 0.219. The fourth-order valence-electron chi connectivity index (χ4n) is 1.87. The smallest absolute Gasteiger partial charge is 0.115 e. The monoisotopic (exact) mass is 261 g/mol. The lowest BCUT2D eigenvalue weighted by molar-refractivity contribution is 0.602. The molecule has 96 valence electrons. The van der Waals surface area contributed by atoms with E-state index in [-0.39, 0.29) is 6.04 Å². The number of nitrogens with one attached hydrogen (secondary N) is 1. The van der Waals surface area contributed by atoms with Gasteiger partial charge in [0.1, 0.15) is 6.33 Å². The lowest BCUT2D eigenvalue weighted by atomic mass is 10.1. The molecular formula is C14H19N3S. The number of nitrogens with zero attached hydrogens (tertiary/aromatic N) is 2. The number of thiophene rings is 1. The molecule has 1 unspecified atom stereocenters. The van der Waals surface area contributed by atoms with Gasteiger partial charge in [0.05, 0.1) is 6.04 Å². The molecule has 18 heavy (non-hydrogen) atoms. The first-order valence-electron chi connectivity index (χ1n) is 6.42. The highest BCUT2D eigenvalue weighted by atomic mass is 32.1. The average molecular weight is 261 g/mol. The Morgan fingerprint density at radius 1 is 1.22 bits per heavy atom. The molecule has 0 spiro atoms. The molecule has 0 bridgehead atoms. The molecule has 0 aliphatic rings. The maximum absolute atomic E-state index is 4.12. The van der Waals surface area contributed by atoms with E-state index in [1.807, 2.05) is 23.7 Å². The van der Waals surface area contributed by atoms with Gasteiger partial charge in [-0.25, -0.2) is 9.97 Å². The van der Waals surface area contributed by atoms with Crippen molar-refractivity contribution in [2.75, 3.05) is 6.54 Å². The van der Waals surface area contributed by atoms with E-state index in [0.29, 0.717) is 0 Å². The van der Waals surface area contributed by atoms with Gasteiger partial charge in [0.15, 0.2) is 0 Å². The molecule has 2 aromatic heterocycles. The first kappa shape index (κ1) is 13.2. The van der Waals surface area contributed by atoms with Crippen LogP contribution in [0.1, 0.15) is 41.6 Å². The number of hydrogen-bond acceptors (Lipinski definition) is 4. The summed E-state index contributed by atoms with van der Waals surface area (Å²) in [5, 5.41) is 3.57. The predicted molar refractivity (Wildman–Crippen MR) is 75.9 cm³/mol. The zero-order valence-corrected chi connectivity index (χ0v) is 11.7. The van der Waals surface area contributed by atoms with Gasteiger partial charge in [-0.15, -0.1) is 11.3 Å². The molecule has 0 saturated carbocycles. The summed E-state index contributed by atoms with van der Waals surface area (Å²) in [5.41, 5.74) is 1.13. The van der Waals surface area contributed by atoms with Crippen molar-refractivity contribution in [1.82, 2.24) is 15.3 Å². The summed E-state index contributed by atoms with van der Waals surface area (Å²) in [5.74, 6) is 0. The number of aryl methyl sites for hydroxylation is 1. The second kappa shape index (κ2) is 6.61. The quantitative estimate of drug-likeness (QED) is 0.868. The summed E-state index contributed by atoms with van der Waals surface area (Å²) in [7, 11) is 0. The van der Waals surface area contributed by atoms with Crippen LogP contribution in [0.25, 0.3) is 0 Å². The van der Waals surface area contributed by atoms with Crippen LogP contribution < -0.4 is 5.32 Å². The van der Waals surface area contributed by atoms with Gasteiger partial charge < -0.3 is 5.32 Å². The molecular weight excluding hydrogens is 242 g/mol. The number of hydrogen-bond donors (Lipinski definition) is 1. The molecule has 0 aliphatic carbocycles. The summed E-state index contributed by atoms with van der Waals surface area (Å²) in [4.78, 5) is 11.0. The van der Waals surface area contributed by atoms with Crippen LogP contribution in [0.3, 0.4) is 0 Å². The molecule has 0 aromatic carbocycles. The highest BCUT2D eigenvalue weighted by molar-refractivity contribution is 7.12. The van der Waals surface area contributed by atoms with Crippen LogP contribution in [0.15, 0.2) is 30.9 Å². The minimum absolute atomic E-state index is 0.219. The zero-order chi connectivity index (χ0) is 12.8. The zero-order valence-electron chi connectivity index (χ0n) is 10.9. The molecule has 0 aliphatic heterocycles. The number of aromatic nitrogens is 2. The lowest BCUT2D eigenvalue weighted by Crippen LogP contribution is -2.22. The average Bonchev–Trinajstić information content (AvgIpc) is 2.89. The van der Waals surface area contributed by atoms with E-state index >= 15 is 0 Å². The van der Waals surface area contributed by atoms with E-state index < -0.39 is 0 Å². The van der Waals surface area contributed by atoms with Gasteiger partial charge in [-0.3, -0.25) is 0 Å². The molecule has 1 atom stereocenters. The Bertz CT molecular complexity index is 467. The van der Waals surface area contributed by atoms with Gasteiger partial charge in [-0.2, -0.15) is 0 Å². The highest BCUT2D eigenvalue weighted by Crippen LogP contribution is 2.28.